The lowest BCUT2D eigenvalue weighted by Gasteiger charge is -2.23. The second-order valence-corrected chi connectivity index (χ2v) is 6.97. The van der Waals surface area contributed by atoms with Crippen molar-refractivity contribution < 1.29 is 9.15 Å². The Morgan fingerprint density at radius 2 is 2.32 bits per heavy atom. The lowest BCUT2D eigenvalue weighted by atomic mass is 10.1. The lowest BCUT2D eigenvalue weighted by Crippen LogP contribution is -2.36. The Hall–Kier alpha value is -1.44. The minimum Gasteiger partial charge on any atom is -0.387 e. The molecule has 0 radical (unpaired) electrons. The molecule has 3 heterocycles. The van der Waals surface area contributed by atoms with E-state index in [0.29, 0.717) is 24.5 Å². The number of hydrogen-bond donors (Lipinski definition) is 0. The van der Waals surface area contributed by atoms with Crippen LogP contribution in [-0.4, -0.2) is 40.5 Å². The second-order valence-electron chi connectivity index (χ2n) is 6.02. The van der Waals surface area contributed by atoms with Crippen molar-refractivity contribution in [1.29, 1.82) is 0 Å². The van der Waals surface area contributed by atoms with Crippen LogP contribution in [0.4, 0.5) is 0 Å². The highest BCUT2D eigenvalue weighted by atomic mass is 32.1. The standard InChI is InChI=1S/C15H19N3O3S/c19-15-18(16-14(21-15)13-2-1-7-22-13)10-17(12-3-4-12)8-11-5-6-20-9-11/h1-2,7,11-12H,3-6,8-10H2. The maximum atomic E-state index is 12.0. The van der Waals surface area contributed by atoms with E-state index in [9.17, 15) is 4.79 Å². The Morgan fingerprint density at radius 1 is 1.41 bits per heavy atom. The normalized spacial score (nSPS) is 21.8. The van der Waals surface area contributed by atoms with Crippen LogP contribution in [0.15, 0.2) is 26.7 Å². The van der Waals surface area contributed by atoms with Crippen LogP contribution in [-0.2, 0) is 11.4 Å². The first-order chi connectivity index (χ1) is 10.8. The van der Waals surface area contributed by atoms with Gasteiger partial charge in [-0.25, -0.2) is 4.79 Å². The van der Waals surface area contributed by atoms with Gasteiger partial charge < -0.3 is 9.15 Å². The number of ether oxygens (including phenoxy) is 1. The molecule has 1 aliphatic heterocycles. The maximum Gasteiger partial charge on any atom is 0.438 e. The van der Waals surface area contributed by atoms with Crippen molar-refractivity contribution in [1.82, 2.24) is 14.7 Å². The topological polar surface area (TPSA) is 60.5 Å². The van der Waals surface area contributed by atoms with Gasteiger partial charge in [0.05, 0.1) is 11.5 Å². The first-order valence-electron chi connectivity index (χ1n) is 7.73. The number of aromatic nitrogens is 2. The van der Waals surface area contributed by atoms with Crippen molar-refractivity contribution >= 4 is 11.3 Å². The smallest absolute Gasteiger partial charge is 0.387 e. The third-order valence-corrected chi connectivity index (χ3v) is 5.09. The van der Waals surface area contributed by atoms with Gasteiger partial charge in [-0.3, -0.25) is 4.90 Å². The zero-order chi connectivity index (χ0) is 14.9. The van der Waals surface area contributed by atoms with Crippen LogP contribution in [0.5, 0.6) is 0 Å². The summed E-state index contributed by atoms with van der Waals surface area (Å²) in [5.74, 6) is 0.608. The molecule has 0 bridgehead atoms. The molecule has 2 fully saturated rings. The van der Waals surface area contributed by atoms with E-state index in [-0.39, 0.29) is 5.76 Å². The number of rotatable bonds is 6. The molecule has 0 N–H and O–H groups in total. The van der Waals surface area contributed by atoms with Crippen LogP contribution in [0.2, 0.25) is 0 Å². The van der Waals surface area contributed by atoms with E-state index in [4.69, 9.17) is 9.15 Å². The molecule has 1 atom stereocenters. The number of hydrogen-bond acceptors (Lipinski definition) is 6. The molecule has 118 valence electrons. The summed E-state index contributed by atoms with van der Waals surface area (Å²) in [4.78, 5) is 15.3. The van der Waals surface area contributed by atoms with E-state index in [2.05, 4.69) is 10.00 Å². The molecule has 6 nitrogen and oxygen atoms in total. The van der Waals surface area contributed by atoms with Gasteiger partial charge in [-0.1, -0.05) is 6.07 Å². The Balaban J connectivity index is 1.49. The molecule has 2 aromatic heterocycles. The predicted octanol–water partition coefficient (Wildman–Crippen LogP) is 2.02. The van der Waals surface area contributed by atoms with Gasteiger partial charge in [0, 0.05) is 19.2 Å². The third-order valence-electron chi connectivity index (χ3n) is 4.23. The summed E-state index contributed by atoms with van der Waals surface area (Å²) in [5, 5.41) is 6.30. The van der Waals surface area contributed by atoms with E-state index >= 15 is 0 Å². The Labute approximate surface area is 132 Å². The Morgan fingerprint density at radius 3 is 3.00 bits per heavy atom. The fourth-order valence-corrected chi connectivity index (χ4v) is 3.53. The van der Waals surface area contributed by atoms with Gasteiger partial charge in [0.15, 0.2) is 0 Å². The number of thiophene rings is 1. The van der Waals surface area contributed by atoms with Gasteiger partial charge >= 0.3 is 5.76 Å². The molecule has 4 rings (SSSR count). The van der Waals surface area contributed by atoms with Crippen molar-refractivity contribution in [2.24, 2.45) is 5.92 Å². The molecule has 0 aromatic carbocycles. The molecule has 0 amide bonds. The molecule has 2 aromatic rings. The highest BCUT2D eigenvalue weighted by molar-refractivity contribution is 7.13. The summed E-state index contributed by atoms with van der Waals surface area (Å²) in [5.41, 5.74) is 0. The molecule has 22 heavy (non-hydrogen) atoms. The minimum atomic E-state index is -0.378. The van der Waals surface area contributed by atoms with Crippen molar-refractivity contribution in [2.75, 3.05) is 19.8 Å². The zero-order valence-corrected chi connectivity index (χ0v) is 13.1. The van der Waals surface area contributed by atoms with Crippen LogP contribution in [0, 0.1) is 5.92 Å². The summed E-state index contributed by atoms with van der Waals surface area (Å²) in [7, 11) is 0. The molecule has 7 heteroatoms. The molecule has 1 aliphatic carbocycles. The van der Waals surface area contributed by atoms with Crippen LogP contribution in [0.3, 0.4) is 0 Å². The molecular weight excluding hydrogens is 302 g/mol. The zero-order valence-electron chi connectivity index (χ0n) is 12.3. The van der Waals surface area contributed by atoms with Gasteiger partial charge in [0.1, 0.15) is 6.67 Å². The largest absolute Gasteiger partial charge is 0.438 e. The minimum absolute atomic E-state index is 0.378. The molecule has 0 spiro atoms. The van der Waals surface area contributed by atoms with E-state index in [1.807, 2.05) is 17.5 Å². The van der Waals surface area contributed by atoms with Crippen molar-refractivity contribution in [3.05, 3.63) is 28.1 Å². The van der Waals surface area contributed by atoms with Crippen LogP contribution in [0.1, 0.15) is 19.3 Å². The number of nitrogens with zero attached hydrogens (tertiary/aromatic N) is 3. The second kappa shape index (κ2) is 5.98. The van der Waals surface area contributed by atoms with Gasteiger partial charge in [-0.15, -0.1) is 16.4 Å². The molecule has 1 saturated heterocycles. The van der Waals surface area contributed by atoms with Gasteiger partial charge in [-0.2, -0.15) is 4.68 Å². The molecule has 1 saturated carbocycles. The summed E-state index contributed by atoms with van der Waals surface area (Å²) in [6.07, 6.45) is 3.52. The van der Waals surface area contributed by atoms with E-state index < -0.39 is 0 Å². The first-order valence-corrected chi connectivity index (χ1v) is 8.61. The van der Waals surface area contributed by atoms with E-state index in [1.54, 1.807) is 0 Å². The van der Waals surface area contributed by atoms with Crippen molar-refractivity contribution in [3.8, 4) is 10.8 Å². The summed E-state index contributed by atoms with van der Waals surface area (Å²) >= 11 is 1.52. The monoisotopic (exact) mass is 321 g/mol. The third kappa shape index (κ3) is 3.02. The fourth-order valence-electron chi connectivity index (χ4n) is 2.89. The summed E-state index contributed by atoms with van der Waals surface area (Å²) in [6, 6.07) is 4.42. The van der Waals surface area contributed by atoms with E-state index in [0.717, 1.165) is 31.1 Å². The average Bonchev–Trinajstić information content (AvgIpc) is 2.95. The highest BCUT2D eigenvalue weighted by Crippen LogP contribution is 2.29. The first kappa shape index (κ1) is 14.2. The average molecular weight is 321 g/mol. The Bertz CT molecular complexity index is 669. The van der Waals surface area contributed by atoms with Crippen LogP contribution >= 0.6 is 11.3 Å². The highest BCUT2D eigenvalue weighted by Gasteiger charge is 2.32. The predicted molar refractivity (Wildman–Crippen MR) is 82.7 cm³/mol. The SMILES string of the molecule is O=c1oc(-c2cccs2)nn1CN(CC1CCOC1)C1CC1. The summed E-state index contributed by atoms with van der Waals surface area (Å²) < 4.78 is 12.2. The molecule has 1 unspecified atom stereocenters. The van der Waals surface area contributed by atoms with Gasteiger partial charge in [0.2, 0.25) is 0 Å². The van der Waals surface area contributed by atoms with Crippen LogP contribution < -0.4 is 5.76 Å². The van der Waals surface area contributed by atoms with Gasteiger partial charge in [-0.05, 0) is 36.6 Å². The maximum absolute atomic E-state index is 12.0. The lowest BCUT2D eigenvalue weighted by molar-refractivity contribution is 0.139. The van der Waals surface area contributed by atoms with Crippen LogP contribution in [0.25, 0.3) is 10.8 Å². The molecular formula is C15H19N3O3S. The van der Waals surface area contributed by atoms with E-state index in [1.165, 1.54) is 28.9 Å². The fraction of sp³-hybridized carbons (Fsp3) is 0.600. The Kier molecular flexibility index (Phi) is 3.85. The quantitative estimate of drug-likeness (QED) is 0.814. The van der Waals surface area contributed by atoms with Gasteiger partial charge in [0.25, 0.3) is 5.89 Å². The summed E-state index contributed by atoms with van der Waals surface area (Å²) in [6.45, 7) is 3.17. The molecule has 2 aliphatic rings. The van der Waals surface area contributed by atoms with Crippen molar-refractivity contribution in [3.63, 3.8) is 0 Å². The van der Waals surface area contributed by atoms with Crippen molar-refractivity contribution in [2.45, 2.75) is 32.0 Å².